The zero-order valence-electron chi connectivity index (χ0n) is 13.9. The zero-order valence-corrected chi connectivity index (χ0v) is 13.9. The van der Waals surface area contributed by atoms with E-state index in [1.165, 1.54) is 30.8 Å². The first-order chi connectivity index (χ1) is 9.91. The number of hydrogen-bond donors (Lipinski definition) is 0. The molecule has 116 valence electrons. The van der Waals surface area contributed by atoms with E-state index in [1.807, 2.05) is 0 Å². The first kappa shape index (κ1) is 14.8. The first-order valence-electron chi connectivity index (χ1n) is 8.37. The van der Waals surface area contributed by atoms with Crippen molar-refractivity contribution >= 4 is 5.78 Å². The molecule has 3 nitrogen and oxygen atoms in total. The van der Waals surface area contributed by atoms with Gasteiger partial charge in [0.05, 0.1) is 0 Å². The van der Waals surface area contributed by atoms with Gasteiger partial charge in [-0.3, -0.25) is 4.79 Å². The van der Waals surface area contributed by atoms with E-state index >= 15 is 0 Å². The predicted molar refractivity (Wildman–Crippen MR) is 86.0 cm³/mol. The maximum Gasteiger partial charge on any atom is 0.165 e. The van der Waals surface area contributed by atoms with Crippen LogP contribution in [0.3, 0.4) is 0 Å². The number of likely N-dealkylation sites (N-methyl/N-ethyl adjacent to an activating group) is 1. The maximum absolute atomic E-state index is 12.4. The molecule has 0 saturated carbocycles. The van der Waals surface area contributed by atoms with Gasteiger partial charge in [-0.25, -0.2) is 0 Å². The Morgan fingerprint density at radius 2 is 2.10 bits per heavy atom. The van der Waals surface area contributed by atoms with Crippen LogP contribution < -0.4 is 0 Å². The molecular weight excluding hydrogens is 260 g/mol. The molecule has 0 bridgehead atoms. The highest BCUT2D eigenvalue weighted by Crippen LogP contribution is 2.38. The van der Waals surface area contributed by atoms with Gasteiger partial charge < -0.3 is 9.47 Å². The summed E-state index contributed by atoms with van der Waals surface area (Å²) in [6.45, 7) is 12.3. The molecule has 1 aliphatic carbocycles. The monoisotopic (exact) mass is 288 g/mol. The van der Waals surface area contributed by atoms with Crippen molar-refractivity contribution in [3.8, 4) is 0 Å². The Bertz CT molecular complexity index is 556. The number of carbonyl (C=O) groups is 1. The second-order valence-corrected chi connectivity index (χ2v) is 7.65. The Hall–Kier alpha value is -1.09. The summed E-state index contributed by atoms with van der Waals surface area (Å²) in [6.07, 6.45) is 4.23. The third-order valence-corrected chi connectivity index (χ3v) is 5.21. The van der Waals surface area contributed by atoms with Crippen molar-refractivity contribution in [2.45, 2.75) is 59.4 Å². The first-order valence-corrected chi connectivity index (χ1v) is 8.37. The number of ketones is 1. The van der Waals surface area contributed by atoms with Crippen LogP contribution in [-0.2, 0) is 6.42 Å². The third kappa shape index (κ3) is 2.68. The lowest BCUT2D eigenvalue weighted by molar-refractivity contribution is 0.0907. The Labute approximate surface area is 128 Å². The SMILES string of the molecule is CCN1CCCC(n2c(C)cc3c2CC(C)(C)CC3=O)C1. The minimum Gasteiger partial charge on any atom is -0.344 e. The van der Waals surface area contributed by atoms with E-state index in [-0.39, 0.29) is 5.41 Å². The summed E-state index contributed by atoms with van der Waals surface area (Å²) in [5, 5.41) is 0. The van der Waals surface area contributed by atoms with Crippen molar-refractivity contribution in [2.75, 3.05) is 19.6 Å². The number of piperidine rings is 1. The fraction of sp³-hybridized carbons (Fsp3) is 0.722. The number of fused-ring (bicyclic) bond motifs is 1. The van der Waals surface area contributed by atoms with E-state index in [2.05, 4.69) is 43.2 Å². The molecule has 0 N–H and O–H groups in total. The van der Waals surface area contributed by atoms with Crippen molar-refractivity contribution in [3.63, 3.8) is 0 Å². The van der Waals surface area contributed by atoms with E-state index in [0.29, 0.717) is 18.2 Å². The minimum atomic E-state index is 0.103. The topological polar surface area (TPSA) is 25.2 Å². The van der Waals surface area contributed by atoms with Crippen molar-refractivity contribution < 1.29 is 4.79 Å². The number of aryl methyl sites for hydroxylation is 1. The van der Waals surface area contributed by atoms with Crippen molar-refractivity contribution in [3.05, 3.63) is 23.0 Å². The summed E-state index contributed by atoms with van der Waals surface area (Å²) in [6, 6.07) is 2.68. The smallest absolute Gasteiger partial charge is 0.165 e. The molecule has 1 aromatic rings. The quantitative estimate of drug-likeness (QED) is 0.830. The van der Waals surface area contributed by atoms with Crippen LogP contribution in [0.4, 0.5) is 0 Å². The fourth-order valence-electron chi connectivity index (χ4n) is 4.21. The Kier molecular flexibility index (Phi) is 3.73. The molecule has 0 spiro atoms. The van der Waals surface area contributed by atoms with E-state index in [4.69, 9.17) is 0 Å². The van der Waals surface area contributed by atoms with Crippen LogP contribution in [0.15, 0.2) is 6.07 Å². The summed E-state index contributed by atoms with van der Waals surface area (Å²) in [4.78, 5) is 15.0. The maximum atomic E-state index is 12.4. The van der Waals surface area contributed by atoms with Gasteiger partial charge in [0.15, 0.2) is 5.78 Å². The largest absolute Gasteiger partial charge is 0.344 e. The average molecular weight is 288 g/mol. The van der Waals surface area contributed by atoms with Crippen LogP contribution in [0.1, 0.15) is 67.8 Å². The minimum absolute atomic E-state index is 0.103. The zero-order chi connectivity index (χ0) is 15.2. The highest BCUT2D eigenvalue weighted by molar-refractivity contribution is 5.99. The highest BCUT2D eigenvalue weighted by Gasteiger charge is 2.35. The number of rotatable bonds is 2. The number of hydrogen-bond acceptors (Lipinski definition) is 2. The summed E-state index contributed by atoms with van der Waals surface area (Å²) >= 11 is 0. The Morgan fingerprint density at radius 1 is 1.33 bits per heavy atom. The van der Waals surface area contributed by atoms with Crippen LogP contribution in [0.25, 0.3) is 0 Å². The van der Waals surface area contributed by atoms with Gasteiger partial charge in [-0.1, -0.05) is 20.8 Å². The van der Waals surface area contributed by atoms with E-state index < -0.39 is 0 Å². The van der Waals surface area contributed by atoms with E-state index in [0.717, 1.165) is 25.1 Å². The summed E-state index contributed by atoms with van der Waals surface area (Å²) in [5.74, 6) is 0.339. The number of nitrogens with zero attached hydrogens (tertiary/aromatic N) is 2. The van der Waals surface area contributed by atoms with Crippen LogP contribution in [-0.4, -0.2) is 34.9 Å². The lowest BCUT2D eigenvalue weighted by Crippen LogP contribution is -2.38. The van der Waals surface area contributed by atoms with Crippen molar-refractivity contribution in [1.29, 1.82) is 0 Å². The van der Waals surface area contributed by atoms with E-state index in [9.17, 15) is 4.79 Å². The molecule has 2 aliphatic rings. The highest BCUT2D eigenvalue weighted by atomic mass is 16.1. The number of aromatic nitrogens is 1. The van der Waals surface area contributed by atoms with Crippen LogP contribution in [0.5, 0.6) is 0 Å². The normalized spacial score (nSPS) is 25.9. The molecular formula is C18H28N2O. The second-order valence-electron chi connectivity index (χ2n) is 7.65. The number of carbonyl (C=O) groups excluding carboxylic acids is 1. The molecule has 1 unspecified atom stereocenters. The number of Topliss-reactive ketones (excluding diaryl/α,β-unsaturated/α-hetero) is 1. The lowest BCUT2D eigenvalue weighted by atomic mass is 9.76. The fourth-order valence-corrected chi connectivity index (χ4v) is 4.21. The second kappa shape index (κ2) is 5.28. The van der Waals surface area contributed by atoms with Crippen LogP contribution in [0.2, 0.25) is 0 Å². The molecule has 1 aromatic heterocycles. The molecule has 0 radical (unpaired) electrons. The van der Waals surface area contributed by atoms with Crippen molar-refractivity contribution in [2.24, 2.45) is 5.41 Å². The molecule has 2 heterocycles. The van der Waals surface area contributed by atoms with Gasteiger partial charge in [0.1, 0.15) is 0 Å². The van der Waals surface area contributed by atoms with Gasteiger partial charge in [-0.05, 0) is 50.8 Å². The van der Waals surface area contributed by atoms with Gasteiger partial charge in [0.2, 0.25) is 0 Å². The average Bonchev–Trinajstić information content (AvgIpc) is 2.74. The Morgan fingerprint density at radius 3 is 2.81 bits per heavy atom. The van der Waals surface area contributed by atoms with Crippen molar-refractivity contribution in [1.82, 2.24) is 9.47 Å². The molecule has 3 heteroatoms. The van der Waals surface area contributed by atoms with Gasteiger partial charge in [-0.2, -0.15) is 0 Å². The number of likely N-dealkylation sites (tertiary alicyclic amines) is 1. The van der Waals surface area contributed by atoms with Gasteiger partial charge in [0, 0.05) is 36.0 Å². The lowest BCUT2D eigenvalue weighted by Gasteiger charge is -2.36. The predicted octanol–water partition coefficient (Wildman–Crippen LogP) is 3.61. The molecule has 0 aromatic carbocycles. The molecule has 0 amide bonds. The molecule has 1 saturated heterocycles. The van der Waals surface area contributed by atoms with Crippen LogP contribution >= 0.6 is 0 Å². The van der Waals surface area contributed by atoms with Gasteiger partial charge in [-0.15, -0.1) is 0 Å². The van der Waals surface area contributed by atoms with E-state index in [1.54, 1.807) is 0 Å². The molecule has 1 atom stereocenters. The molecule has 21 heavy (non-hydrogen) atoms. The third-order valence-electron chi connectivity index (χ3n) is 5.21. The summed E-state index contributed by atoms with van der Waals surface area (Å²) < 4.78 is 2.50. The standard InChI is InChI=1S/C18H28N2O/c1-5-19-8-6-7-14(12-19)20-13(2)9-15-16(20)10-18(3,4)11-17(15)21/h9,14H,5-8,10-12H2,1-4H3. The van der Waals surface area contributed by atoms with Crippen LogP contribution in [0, 0.1) is 12.3 Å². The summed E-state index contributed by atoms with van der Waals surface area (Å²) in [5.41, 5.74) is 3.68. The molecule has 1 aliphatic heterocycles. The Balaban J connectivity index is 1.98. The van der Waals surface area contributed by atoms with Gasteiger partial charge in [0.25, 0.3) is 0 Å². The van der Waals surface area contributed by atoms with Gasteiger partial charge >= 0.3 is 0 Å². The molecule has 1 fully saturated rings. The molecule has 3 rings (SSSR count). The summed E-state index contributed by atoms with van der Waals surface area (Å²) in [7, 11) is 0.